The molecule has 1 saturated heterocycles. The zero-order valence-electron chi connectivity index (χ0n) is 13.2. The molecule has 1 fully saturated rings. The van der Waals surface area contributed by atoms with Crippen molar-refractivity contribution < 1.29 is 17.9 Å². The van der Waals surface area contributed by atoms with Crippen LogP contribution in [0.5, 0.6) is 0 Å². The van der Waals surface area contributed by atoms with Crippen LogP contribution in [-0.2, 0) is 14.6 Å². The maximum atomic E-state index is 12.0. The van der Waals surface area contributed by atoms with Crippen LogP contribution in [-0.4, -0.2) is 62.6 Å². The predicted octanol–water partition coefficient (Wildman–Crippen LogP) is 0.743. The Hall–Kier alpha value is -1.58. The van der Waals surface area contributed by atoms with E-state index in [-0.39, 0.29) is 28.7 Å². The lowest BCUT2D eigenvalue weighted by atomic mass is 10.2. The van der Waals surface area contributed by atoms with Crippen molar-refractivity contribution in [1.82, 2.24) is 5.32 Å². The Morgan fingerprint density at radius 2 is 2.25 bits per heavy atom. The van der Waals surface area contributed by atoms with Crippen LogP contribution in [0.25, 0.3) is 0 Å². The number of methoxy groups -OCH3 is 1. The summed E-state index contributed by atoms with van der Waals surface area (Å²) >= 11 is 1.45. The summed E-state index contributed by atoms with van der Waals surface area (Å²) in [5.74, 6) is 0.135. The molecule has 9 heteroatoms. The largest absolute Gasteiger partial charge is 0.383 e. The number of benzene rings is 1. The van der Waals surface area contributed by atoms with E-state index in [1.807, 2.05) is 6.07 Å². The molecule has 0 bridgehead atoms. The molecule has 2 heterocycles. The number of anilines is 1. The molecule has 0 aliphatic carbocycles. The fourth-order valence-electron chi connectivity index (χ4n) is 2.65. The van der Waals surface area contributed by atoms with Crippen molar-refractivity contribution in [1.29, 1.82) is 0 Å². The van der Waals surface area contributed by atoms with Gasteiger partial charge in [-0.3, -0.25) is 9.79 Å². The van der Waals surface area contributed by atoms with Crippen LogP contribution in [0.2, 0.25) is 0 Å². The van der Waals surface area contributed by atoms with Gasteiger partial charge in [0.2, 0.25) is 0 Å². The van der Waals surface area contributed by atoms with Gasteiger partial charge in [-0.05, 0) is 18.2 Å². The quantitative estimate of drug-likeness (QED) is 0.743. The summed E-state index contributed by atoms with van der Waals surface area (Å²) in [5, 5.41) is 6.64. The lowest BCUT2D eigenvalue weighted by Crippen LogP contribution is -2.27. The van der Waals surface area contributed by atoms with Gasteiger partial charge in [0.25, 0.3) is 5.91 Å². The van der Waals surface area contributed by atoms with Gasteiger partial charge in [0.1, 0.15) is 0 Å². The number of fused-ring (bicyclic) bond motifs is 1. The van der Waals surface area contributed by atoms with E-state index in [0.29, 0.717) is 23.9 Å². The summed E-state index contributed by atoms with van der Waals surface area (Å²) in [5.41, 5.74) is 1.30. The number of amidine groups is 1. The van der Waals surface area contributed by atoms with E-state index < -0.39 is 9.84 Å². The minimum atomic E-state index is -2.95. The zero-order valence-corrected chi connectivity index (χ0v) is 14.8. The highest BCUT2D eigenvalue weighted by Gasteiger charge is 2.42. The molecule has 130 valence electrons. The third kappa shape index (κ3) is 4.08. The number of thioether (sulfide) groups is 1. The van der Waals surface area contributed by atoms with Gasteiger partial charge in [-0.1, -0.05) is 17.8 Å². The molecule has 2 aliphatic rings. The molecule has 0 spiro atoms. The number of amides is 1. The van der Waals surface area contributed by atoms with Gasteiger partial charge in [0, 0.05) is 30.2 Å². The third-order valence-electron chi connectivity index (χ3n) is 3.79. The molecule has 7 nitrogen and oxygen atoms in total. The Balaban J connectivity index is 1.63. The number of rotatable bonds is 5. The van der Waals surface area contributed by atoms with E-state index in [4.69, 9.17) is 4.74 Å². The molecular weight excluding hydrogens is 350 g/mol. The van der Waals surface area contributed by atoms with E-state index in [1.54, 1.807) is 25.3 Å². The number of aliphatic imine (C=N–C) groups is 1. The molecule has 0 radical (unpaired) electrons. The zero-order chi connectivity index (χ0) is 17.2. The first kappa shape index (κ1) is 17.2. The first-order valence-corrected chi connectivity index (χ1v) is 10.3. The topological polar surface area (TPSA) is 96.9 Å². The number of carbonyl (C=O) groups excluding carboxylic acids is 1. The fraction of sp³-hybridized carbons (Fsp3) is 0.467. The van der Waals surface area contributed by atoms with Crippen molar-refractivity contribution in [3.8, 4) is 0 Å². The van der Waals surface area contributed by atoms with Crippen molar-refractivity contribution >= 4 is 38.4 Å². The molecule has 0 aromatic heterocycles. The van der Waals surface area contributed by atoms with Gasteiger partial charge < -0.3 is 15.4 Å². The van der Waals surface area contributed by atoms with Crippen LogP contribution >= 0.6 is 11.8 Å². The Bertz CT molecular complexity index is 764. The van der Waals surface area contributed by atoms with Crippen molar-refractivity contribution in [2.75, 3.05) is 37.1 Å². The highest BCUT2D eigenvalue weighted by atomic mass is 32.2. The Morgan fingerprint density at radius 1 is 1.42 bits per heavy atom. The maximum absolute atomic E-state index is 12.0. The van der Waals surface area contributed by atoms with Crippen molar-refractivity contribution in [2.24, 2.45) is 4.99 Å². The number of carbonyl (C=O) groups is 1. The second-order valence-corrected chi connectivity index (χ2v) is 9.07. The lowest BCUT2D eigenvalue weighted by molar-refractivity contribution is 0.0937. The number of ether oxygens (including phenoxy) is 1. The van der Waals surface area contributed by atoms with Gasteiger partial charge in [-0.15, -0.1) is 0 Å². The summed E-state index contributed by atoms with van der Waals surface area (Å²) < 4.78 is 28.1. The molecule has 2 N–H and O–H groups in total. The van der Waals surface area contributed by atoms with Gasteiger partial charge in [-0.2, -0.15) is 0 Å². The van der Waals surface area contributed by atoms with E-state index in [2.05, 4.69) is 15.6 Å². The van der Waals surface area contributed by atoms with Crippen molar-refractivity contribution in [2.45, 2.75) is 11.3 Å². The summed E-state index contributed by atoms with van der Waals surface area (Å²) in [6, 6.07) is 6.95. The van der Waals surface area contributed by atoms with Crippen LogP contribution < -0.4 is 10.6 Å². The predicted molar refractivity (Wildman–Crippen MR) is 95.5 cm³/mol. The van der Waals surface area contributed by atoms with Crippen LogP contribution in [0.3, 0.4) is 0 Å². The third-order valence-corrected chi connectivity index (χ3v) is 6.93. The van der Waals surface area contributed by atoms with E-state index in [0.717, 1.165) is 5.69 Å². The molecule has 1 amide bonds. The fourth-order valence-corrected chi connectivity index (χ4v) is 6.32. The van der Waals surface area contributed by atoms with Crippen LogP contribution in [0.4, 0.5) is 5.69 Å². The van der Waals surface area contributed by atoms with Crippen molar-refractivity contribution in [3.05, 3.63) is 29.8 Å². The smallest absolute Gasteiger partial charge is 0.251 e. The molecule has 2 unspecified atom stereocenters. The van der Waals surface area contributed by atoms with Gasteiger partial charge in [-0.25, -0.2) is 8.42 Å². The highest BCUT2D eigenvalue weighted by molar-refractivity contribution is 8.15. The first-order valence-electron chi connectivity index (χ1n) is 7.56. The average molecular weight is 369 g/mol. The second kappa shape index (κ2) is 7.12. The molecule has 24 heavy (non-hydrogen) atoms. The minimum absolute atomic E-state index is 0.00183. The summed E-state index contributed by atoms with van der Waals surface area (Å²) in [6.07, 6.45) is 0. The standard InChI is InChI=1S/C15H19N3O4S2/c1-22-6-5-16-14(19)10-3-2-4-11(7-10)17-15-18-12-8-24(20,21)9-13(12)23-15/h2-4,7,12-13H,5-6,8-9H2,1H3,(H,16,19)(H,17,18). The number of nitrogens with one attached hydrogen (secondary N) is 2. The lowest BCUT2D eigenvalue weighted by Gasteiger charge is -2.09. The van der Waals surface area contributed by atoms with Crippen LogP contribution in [0.15, 0.2) is 29.3 Å². The summed E-state index contributed by atoms with van der Waals surface area (Å²) in [4.78, 5) is 16.5. The second-order valence-electron chi connectivity index (χ2n) is 5.69. The first-order chi connectivity index (χ1) is 11.5. The molecule has 1 aromatic rings. The monoisotopic (exact) mass is 369 g/mol. The van der Waals surface area contributed by atoms with E-state index >= 15 is 0 Å². The number of sulfone groups is 1. The van der Waals surface area contributed by atoms with Gasteiger partial charge in [0.15, 0.2) is 15.0 Å². The van der Waals surface area contributed by atoms with Crippen molar-refractivity contribution in [3.63, 3.8) is 0 Å². The Morgan fingerprint density at radius 3 is 3.00 bits per heavy atom. The molecule has 3 rings (SSSR count). The normalized spacial score (nSPS) is 24.3. The Kier molecular flexibility index (Phi) is 5.12. The molecule has 1 aromatic carbocycles. The number of hydrogen-bond donors (Lipinski definition) is 2. The highest BCUT2D eigenvalue weighted by Crippen LogP contribution is 2.34. The SMILES string of the molecule is COCCNC(=O)c1cccc(NC2=NC3CS(=O)(=O)CC3S2)c1. The molecule has 2 atom stereocenters. The maximum Gasteiger partial charge on any atom is 0.251 e. The average Bonchev–Trinajstić information content (AvgIpc) is 3.00. The molecule has 0 saturated carbocycles. The summed E-state index contributed by atoms with van der Waals surface area (Å²) in [6.45, 7) is 0.913. The van der Waals surface area contributed by atoms with Crippen LogP contribution in [0.1, 0.15) is 10.4 Å². The molecule has 2 aliphatic heterocycles. The minimum Gasteiger partial charge on any atom is -0.383 e. The van der Waals surface area contributed by atoms with Gasteiger partial charge >= 0.3 is 0 Å². The van der Waals surface area contributed by atoms with Crippen LogP contribution in [0, 0.1) is 0 Å². The number of nitrogens with zero attached hydrogens (tertiary/aromatic N) is 1. The molecular formula is C15H19N3O4S2. The van der Waals surface area contributed by atoms with E-state index in [1.165, 1.54) is 11.8 Å². The Labute approximate surface area is 145 Å². The number of hydrogen-bond acceptors (Lipinski definition) is 7. The summed E-state index contributed by atoms with van der Waals surface area (Å²) in [7, 11) is -1.37. The van der Waals surface area contributed by atoms with E-state index in [9.17, 15) is 13.2 Å². The van der Waals surface area contributed by atoms with Gasteiger partial charge in [0.05, 0.1) is 24.2 Å².